The summed E-state index contributed by atoms with van der Waals surface area (Å²) in [6.45, 7) is 3.83. The monoisotopic (exact) mass is 310 g/mol. The summed E-state index contributed by atoms with van der Waals surface area (Å²) >= 11 is 7.42. The highest BCUT2D eigenvalue weighted by molar-refractivity contribution is 7.09. The van der Waals surface area contributed by atoms with Crippen molar-refractivity contribution in [2.24, 2.45) is 0 Å². The summed E-state index contributed by atoms with van der Waals surface area (Å²) in [5.41, 5.74) is 1.42. The van der Waals surface area contributed by atoms with E-state index in [1.54, 1.807) is 13.1 Å². The van der Waals surface area contributed by atoms with E-state index in [1.165, 1.54) is 17.4 Å². The Morgan fingerprint density at radius 2 is 2.15 bits per heavy atom. The summed E-state index contributed by atoms with van der Waals surface area (Å²) in [6.07, 6.45) is 0. The molecule has 2 aromatic rings. The van der Waals surface area contributed by atoms with Gasteiger partial charge in [0.2, 0.25) is 0 Å². The number of nitrogens with zero attached hydrogens (tertiary/aromatic N) is 2. The lowest BCUT2D eigenvalue weighted by Gasteiger charge is -2.12. The van der Waals surface area contributed by atoms with Crippen molar-refractivity contribution >= 4 is 34.7 Å². The summed E-state index contributed by atoms with van der Waals surface area (Å²) < 4.78 is 0. The molecule has 0 bridgehead atoms. The number of hydrogen-bond donors (Lipinski definition) is 2. The van der Waals surface area contributed by atoms with Gasteiger partial charge < -0.3 is 10.6 Å². The highest BCUT2D eigenvalue weighted by atomic mass is 35.5. The summed E-state index contributed by atoms with van der Waals surface area (Å²) in [6, 6.07) is 3.05. The molecule has 2 aromatic heterocycles. The second-order valence-electron chi connectivity index (χ2n) is 4.34. The van der Waals surface area contributed by atoms with Crippen molar-refractivity contribution in [1.82, 2.24) is 15.3 Å². The Kier molecular flexibility index (Phi) is 4.57. The van der Waals surface area contributed by atoms with Gasteiger partial charge in [-0.2, -0.15) is 0 Å². The van der Waals surface area contributed by atoms with E-state index in [1.807, 2.05) is 19.2 Å². The minimum atomic E-state index is -0.203. The zero-order valence-corrected chi connectivity index (χ0v) is 13.0. The van der Waals surface area contributed by atoms with Crippen LogP contribution in [0.2, 0.25) is 5.15 Å². The van der Waals surface area contributed by atoms with Crippen molar-refractivity contribution in [3.63, 3.8) is 0 Å². The largest absolute Gasteiger partial charge is 0.373 e. The van der Waals surface area contributed by atoms with Crippen molar-refractivity contribution in [3.8, 4) is 0 Å². The minimum Gasteiger partial charge on any atom is -0.373 e. The highest BCUT2D eigenvalue weighted by Gasteiger charge is 2.15. The van der Waals surface area contributed by atoms with Crippen molar-refractivity contribution < 1.29 is 4.79 Å². The molecule has 1 atom stereocenters. The molecule has 1 amide bonds. The van der Waals surface area contributed by atoms with Gasteiger partial charge in [0.25, 0.3) is 5.91 Å². The third-order valence-electron chi connectivity index (χ3n) is 2.67. The van der Waals surface area contributed by atoms with Crippen LogP contribution in [-0.2, 0) is 0 Å². The Hall–Kier alpha value is -1.66. The lowest BCUT2D eigenvalue weighted by Crippen LogP contribution is -2.26. The summed E-state index contributed by atoms with van der Waals surface area (Å²) in [5, 5.41) is 8.88. The fraction of sp³-hybridized carbons (Fsp3) is 0.308. The van der Waals surface area contributed by atoms with E-state index < -0.39 is 0 Å². The van der Waals surface area contributed by atoms with Crippen LogP contribution in [0.25, 0.3) is 0 Å². The van der Waals surface area contributed by atoms with Gasteiger partial charge in [0.1, 0.15) is 16.0 Å². The Labute approximate surface area is 126 Å². The smallest absolute Gasteiger partial charge is 0.252 e. The van der Waals surface area contributed by atoms with Gasteiger partial charge >= 0.3 is 0 Å². The maximum atomic E-state index is 12.2. The number of carbonyl (C=O) groups excluding carboxylic acids is 1. The predicted octanol–water partition coefficient (Wildman–Crippen LogP) is 3.03. The van der Waals surface area contributed by atoms with Crippen molar-refractivity contribution in [2.45, 2.75) is 19.9 Å². The molecule has 0 aliphatic heterocycles. The van der Waals surface area contributed by atoms with Gasteiger partial charge in [-0.25, -0.2) is 9.97 Å². The normalized spacial score (nSPS) is 12.0. The Balaban J connectivity index is 2.13. The molecule has 0 fully saturated rings. The van der Waals surface area contributed by atoms with Crippen molar-refractivity contribution in [2.75, 3.05) is 12.4 Å². The summed E-state index contributed by atoms with van der Waals surface area (Å²) in [5.74, 6) is 0.353. The molecule has 2 rings (SSSR count). The number of hydrogen-bond acceptors (Lipinski definition) is 5. The minimum absolute atomic E-state index is 0.147. The van der Waals surface area contributed by atoms with Crippen molar-refractivity contribution in [1.29, 1.82) is 0 Å². The Morgan fingerprint density at radius 1 is 1.40 bits per heavy atom. The summed E-state index contributed by atoms with van der Waals surface area (Å²) in [7, 11) is 1.72. The molecule has 0 aliphatic rings. The number of carbonyl (C=O) groups is 1. The van der Waals surface area contributed by atoms with Crippen molar-refractivity contribution in [3.05, 3.63) is 38.9 Å². The van der Waals surface area contributed by atoms with E-state index in [0.717, 1.165) is 10.7 Å². The molecule has 106 valence electrons. The summed E-state index contributed by atoms with van der Waals surface area (Å²) in [4.78, 5) is 20.6. The van der Waals surface area contributed by atoms with E-state index >= 15 is 0 Å². The quantitative estimate of drug-likeness (QED) is 0.852. The molecule has 0 spiro atoms. The zero-order chi connectivity index (χ0) is 14.7. The van der Waals surface area contributed by atoms with Crippen LogP contribution < -0.4 is 10.6 Å². The van der Waals surface area contributed by atoms with E-state index in [4.69, 9.17) is 11.6 Å². The maximum Gasteiger partial charge on any atom is 0.252 e. The molecular weight excluding hydrogens is 296 g/mol. The molecule has 0 aliphatic carbocycles. The number of nitrogens with one attached hydrogen (secondary N) is 2. The number of amides is 1. The number of aromatic nitrogens is 2. The van der Waals surface area contributed by atoms with E-state index in [-0.39, 0.29) is 17.1 Å². The number of rotatable bonds is 4. The first-order chi connectivity index (χ1) is 9.49. The first-order valence-electron chi connectivity index (χ1n) is 6.08. The topological polar surface area (TPSA) is 66.9 Å². The van der Waals surface area contributed by atoms with Crippen LogP contribution in [0, 0.1) is 6.92 Å². The van der Waals surface area contributed by atoms with Gasteiger partial charge in [-0.1, -0.05) is 11.6 Å². The van der Waals surface area contributed by atoms with Crippen LogP contribution in [0.5, 0.6) is 0 Å². The molecule has 2 heterocycles. The number of aryl methyl sites for hydroxylation is 1. The molecule has 0 aromatic carbocycles. The van der Waals surface area contributed by atoms with Gasteiger partial charge in [-0.3, -0.25) is 4.79 Å². The van der Waals surface area contributed by atoms with Crippen LogP contribution in [0.3, 0.4) is 0 Å². The number of halogens is 1. The van der Waals surface area contributed by atoms with E-state index in [0.29, 0.717) is 11.4 Å². The van der Waals surface area contributed by atoms with Gasteiger partial charge in [-0.05, 0) is 26.0 Å². The fourth-order valence-electron chi connectivity index (χ4n) is 1.67. The molecular formula is C13H15ClN4OS. The molecule has 20 heavy (non-hydrogen) atoms. The van der Waals surface area contributed by atoms with E-state index in [9.17, 15) is 4.79 Å². The number of pyridine rings is 1. The average molecular weight is 311 g/mol. The lowest BCUT2D eigenvalue weighted by molar-refractivity contribution is 0.0939. The van der Waals surface area contributed by atoms with Crippen LogP contribution in [0.15, 0.2) is 17.5 Å². The van der Waals surface area contributed by atoms with Crippen LogP contribution in [0.4, 0.5) is 5.82 Å². The SMILES string of the molecule is CNc1cc(C(=O)NC(C)c2nc(C)cs2)cc(Cl)n1. The second kappa shape index (κ2) is 6.19. The second-order valence-corrected chi connectivity index (χ2v) is 5.61. The first-order valence-corrected chi connectivity index (χ1v) is 7.33. The Morgan fingerprint density at radius 3 is 2.75 bits per heavy atom. The van der Waals surface area contributed by atoms with Crippen LogP contribution in [0.1, 0.15) is 34.0 Å². The Bertz CT molecular complexity index is 629. The van der Waals surface area contributed by atoms with Gasteiger partial charge in [-0.15, -0.1) is 11.3 Å². The van der Waals surface area contributed by atoms with Gasteiger partial charge in [0.15, 0.2) is 0 Å². The molecule has 5 nitrogen and oxygen atoms in total. The highest BCUT2D eigenvalue weighted by Crippen LogP contribution is 2.19. The number of thiazole rings is 1. The molecule has 1 unspecified atom stereocenters. The molecule has 0 saturated carbocycles. The van der Waals surface area contributed by atoms with Gasteiger partial charge in [0.05, 0.1) is 6.04 Å². The predicted molar refractivity (Wildman–Crippen MR) is 81.5 cm³/mol. The van der Waals surface area contributed by atoms with Crippen LogP contribution in [-0.4, -0.2) is 22.9 Å². The molecule has 0 radical (unpaired) electrons. The van der Waals surface area contributed by atoms with Crippen LogP contribution >= 0.6 is 22.9 Å². The third-order valence-corrected chi connectivity index (χ3v) is 4.01. The molecule has 0 saturated heterocycles. The average Bonchev–Trinajstić information content (AvgIpc) is 2.84. The lowest BCUT2D eigenvalue weighted by atomic mass is 10.2. The standard InChI is InChI=1S/C13H15ClN4OS/c1-7-6-20-13(16-7)8(2)17-12(19)9-4-10(14)18-11(5-9)15-3/h4-6,8H,1-3H3,(H,15,18)(H,17,19). The first kappa shape index (κ1) is 14.7. The number of anilines is 1. The zero-order valence-electron chi connectivity index (χ0n) is 11.4. The van der Waals surface area contributed by atoms with E-state index in [2.05, 4.69) is 20.6 Å². The third kappa shape index (κ3) is 3.46. The molecule has 7 heteroatoms. The fourth-order valence-corrected chi connectivity index (χ4v) is 2.68. The van der Waals surface area contributed by atoms with Gasteiger partial charge in [0, 0.05) is 23.7 Å². The maximum absolute atomic E-state index is 12.2. The molecule has 2 N–H and O–H groups in total.